The predicted molar refractivity (Wildman–Crippen MR) is 118 cm³/mol. The van der Waals surface area contributed by atoms with Gasteiger partial charge in [-0.3, -0.25) is 4.79 Å². The Morgan fingerprint density at radius 3 is 2.75 bits per heavy atom. The highest BCUT2D eigenvalue weighted by Gasteiger charge is 2.30. The number of carbonyl (C=O) groups is 1. The quantitative estimate of drug-likeness (QED) is 0.232. The zero-order chi connectivity index (χ0) is 20.9. The van der Waals surface area contributed by atoms with Crippen LogP contribution in [0.5, 0.6) is 0 Å². The molecule has 4 atom stereocenters. The van der Waals surface area contributed by atoms with E-state index in [-0.39, 0.29) is 18.0 Å². The lowest BCUT2D eigenvalue weighted by Crippen LogP contribution is -2.15. The van der Waals surface area contributed by atoms with Crippen LogP contribution >= 0.6 is 11.8 Å². The number of aliphatic hydroxyl groups is 2. The van der Waals surface area contributed by atoms with Gasteiger partial charge < -0.3 is 14.9 Å². The van der Waals surface area contributed by atoms with Gasteiger partial charge in [0.1, 0.15) is 0 Å². The van der Waals surface area contributed by atoms with Crippen LogP contribution in [-0.4, -0.2) is 41.3 Å². The molecule has 1 aliphatic rings. The maximum atomic E-state index is 11.1. The highest BCUT2D eigenvalue weighted by molar-refractivity contribution is 8.03. The molecular weight excluding hydrogens is 372 g/mol. The Morgan fingerprint density at radius 1 is 1.32 bits per heavy atom. The zero-order valence-corrected chi connectivity index (χ0v) is 19.0. The van der Waals surface area contributed by atoms with Gasteiger partial charge >= 0.3 is 5.97 Å². The molecule has 28 heavy (non-hydrogen) atoms. The molecule has 5 heteroatoms. The van der Waals surface area contributed by atoms with Crippen molar-refractivity contribution in [3.63, 3.8) is 0 Å². The molecule has 0 aromatic heterocycles. The van der Waals surface area contributed by atoms with Crippen molar-refractivity contribution in [2.45, 2.75) is 90.8 Å². The normalized spacial score (nSPS) is 22.1. The van der Waals surface area contributed by atoms with E-state index in [1.54, 1.807) is 0 Å². The number of unbranched alkanes of at least 4 members (excludes halogenated alkanes) is 3. The Hall–Kier alpha value is -0.780. The van der Waals surface area contributed by atoms with Gasteiger partial charge in [-0.25, -0.2) is 0 Å². The molecule has 0 amide bonds. The van der Waals surface area contributed by atoms with Gasteiger partial charge in [-0.1, -0.05) is 57.3 Å². The van der Waals surface area contributed by atoms with E-state index in [1.807, 2.05) is 23.9 Å². The Bertz CT molecular complexity index is 515. The van der Waals surface area contributed by atoms with E-state index in [2.05, 4.69) is 25.5 Å². The minimum absolute atomic E-state index is 0.000618. The molecule has 1 rings (SSSR count). The Balaban J connectivity index is 2.43. The molecule has 4 nitrogen and oxygen atoms in total. The highest BCUT2D eigenvalue weighted by Crippen LogP contribution is 2.40. The largest absolute Gasteiger partial charge is 0.469 e. The van der Waals surface area contributed by atoms with E-state index >= 15 is 0 Å². The van der Waals surface area contributed by atoms with Crippen LogP contribution < -0.4 is 0 Å². The molecule has 1 aliphatic carbocycles. The Morgan fingerprint density at radius 2 is 2.07 bits per heavy atom. The fourth-order valence-electron chi connectivity index (χ4n) is 3.68. The summed E-state index contributed by atoms with van der Waals surface area (Å²) in [7, 11) is 1.43. The Kier molecular flexibility index (Phi) is 12.8. The van der Waals surface area contributed by atoms with Crippen LogP contribution in [0.4, 0.5) is 0 Å². The van der Waals surface area contributed by atoms with Gasteiger partial charge in [0.05, 0.1) is 19.3 Å². The second-order valence-electron chi connectivity index (χ2n) is 8.11. The summed E-state index contributed by atoms with van der Waals surface area (Å²) >= 11 is 1.82. The van der Waals surface area contributed by atoms with Gasteiger partial charge in [-0.05, 0) is 49.2 Å². The van der Waals surface area contributed by atoms with Crippen molar-refractivity contribution in [3.8, 4) is 0 Å². The summed E-state index contributed by atoms with van der Waals surface area (Å²) < 4.78 is 4.66. The number of carbonyl (C=O) groups excluding carboxylic acids is 1. The van der Waals surface area contributed by atoms with Crippen molar-refractivity contribution in [3.05, 3.63) is 22.6 Å². The molecule has 0 aromatic rings. The average Bonchev–Trinajstić information content (AvgIpc) is 2.93. The molecule has 0 radical (unpaired) electrons. The molecule has 0 spiro atoms. The number of hydrogen-bond acceptors (Lipinski definition) is 5. The van der Waals surface area contributed by atoms with Gasteiger partial charge in [0, 0.05) is 12.3 Å². The molecule has 0 fully saturated rings. The molecule has 0 aliphatic heterocycles. The van der Waals surface area contributed by atoms with E-state index in [0.717, 1.165) is 37.9 Å². The fraction of sp³-hybridized carbons (Fsp3) is 0.783. The van der Waals surface area contributed by atoms with Gasteiger partial charge in [0.25, 0.3) is 0 Å². The topological polar surface area (TPSA) is 66.8 Å². The molecule has 0 saturated carbocycles. The standard InChI is InChI=1S/C23H40O4S/c1-5-6-10-17(2)15-19(24)12-13-20-21(25)16-18(3)23(20)28-14-9-7-8-11-22(26)27-4/h12-13,17,19-21,24-25H,5-11,14-16H2,1-4H3/b13-12+/t17-,19-,20+,21-/m1/s1. The lowest BCUT2D eigenvalue weighted by atomic mass is 9.96. The number of rotatable bonds is 14. The molecule has 0 heterocycles. The number of methoxy groups -OCH3 is 1. The molecular formula is C23H40O4S. The van der Waals surface area contributed by atoms with Crippen LogP contribution in [-0.2, 0) is 9.53 Å². The summed E-state index contributed by atoms with van der Waals surface area (Å²) in [5, 5.41) is 20.8. The third-order valence-corrected chi connectivity index (χ3v) is 6.82. The monoisotopic (exact) mass is 412 g/mol. The number of thioether (sulfide) groups is 1. The zero-order valence-electron chi connectivity index (χ0n) is 18.2. The van der Waals surface area contributed by atoms with Gasteiger partial charge in [0.15, 0.2) is 0 Å². The summed E-state index contributed by atoms with van der Waals surface area (Å²) in [5.74, 6) is 1.37. The molecule has 0 bridgehead atoms. The SMILES string of the molecule is CCCC[C@@H](C)C[C@H](O)/C=C/[C@@H]1C(SCCCCCC(=O)OC)=C(C)C[C@H]1O. The molecule has 162 valence electrons. The van der Waals surface area contributed by atoms with Crippen LogP contribution in [0.1, 0.15) is 78.6 Å². The average molecular weight is 413 g/mol. The van der Waals surface area contributed by atoms with E-state index in [0.29, 0.717) is 18.8 Å². The second kappa shape index (κ2) is 14.2. The van der Waals surface area contributed by atoms with Crippen molar-refractivity contribution in [2.24, 2.45) is 11.8 Å². The minimum atomic E-state index is -0.440. The maximum absolute atomic E-state index is 11.1. The van der Waals surface area contributed by atoms with E-state index < -0.39 is 6.10 Å². The third kappa shape index (κ3) is 9.62. The minimum Gasteiger partial charge on any atom is -0.469 e. The van der Waals surface area contributed by atoms with Crippen LogP contribution in [0, 0.1) is 11.8 Å². The summed E-state index contributed by atoms with van der Waals surface area (Å²) in [6, 6.07) is 0. The van der Waals surface area contributed by atoms with Crippen molar-refractivity contribution in [2.75, 3.05) is 12.9 Å². The number of esters is 1. The first kappa shape index (κ1) is 25.3. The van der Waals surface area contributed by atoms with Crippen LogP contribution in [0.15, 0.2) is 22.6 Å². The number of aliphatic hydroxyl groups excluding tert-OH is 2. The number of hydrogen-bond donors (Lipinski definition) is 2. The van der Waals surface area contributed by atoms with E-state index in [4.69, 9.17) is 0 Å². The first-order valence-electron chi connectivity index (χ1n) is 10.8. The van der Waals surface area contributed by atoms with Crippen molar-refractivity contribution in [1.82, 2.24) is 0 Å². The predicted octanol–water partition coefficient (Wildman–Crippen LogP) is 5.24. The lowest BCUT2D eigenvalue weighted by Gasteiger charge is -2.17. The van der Waals surface area contributed by atoms with Crippen LogP contribution in [0.25, 0.3) is 0 Å². The second-order valence-corrected chi connectivity index (χ2v) is 9.25. The van der Waals surface area contributed by atoms with Gasteiger partial charge in [0.2, 0.25) is 0 Å². The smallest absolute Gasteiger partial charge is 0.305 e. The summed E-state index contributed by atoms with van der Waals surface area (Å²) in [6.07, 6.45) is 11.5. The van der Waals surface area contributed by atoms with Gasteiger partial charge in [-0.2, -0.15) is 0 Å². The highest BCUT2D eigenvalue weighted by atomic mass is 32.2. The molecule has 0 aromatic carbocycles. The first-order chi connectivity index (χ1) is 13.4. The first-order valence-corrected chi connectivity index (χ1v) is 11.8. The number of ether oxygens (including phenoxy) is 1. The molecule has 0 saturated heterocycles. The van der Waals surface area contributed by atoms with Gasteiger partial charge in [-0.15, -0.1) is 11.8 Å². The van der Waals surface area contributed by atoms with Crippen molar-refractivity contribution >= 4 is 17.7 Å². The fourth-order valence-corrected chi connectivity index (χ4v) is 5.00. The van der Waals surface area contributed by atoms with Crippen LogP contribution in [0.2, 0.25) is 0 Å². The van der Waals surface area contributed by atoms with Crippen molar-refractivity contribution < 1.29 is 19.7 Å². The third-order valence-electron chi connectivity index (χ3n) is 5.40. The van der Waals surface area contributed by atoms with E-state index in [1.165, 1.54) is 30.4 Å². The summed E-state index contributed by atoms with van der Waals surface area (Å²) in [6.45, 7) is 6.49. The molecule has 0 unspecified atom stereocenters. The summed E-state index contributed by atoms with van der Waals surface area (Å²) in [4.78, 5) is 12.4. The summed E-state index contributed by atoms with van der Waals surface area (Å²) in [5.41, 5.74) is 1.26. The van der Waals surface area contributed by atoms with Crippen molar-refractivity contribution in [1.29, 1.82) is 0 Å². The lowest BCUT2D eigenvalue weighted by molar-refractivity contribution is -0.140. The van der Waals surface area contributed by atoms with Crippen LogP contribution in [0.3, 0.4) is 0 Å². The maximum Gasteiger partial charge on any atom is 0.305 e. The van der Waals surface area contributed by atoms with E-state index in [9.17, 15) is 15.0 Å². The molecule has 2 N–H and O–H groups in total. The Labute approximate surface area is 175 Å².